The van der Waals surface area contributed by atoms with Gasteiger partial charge in [-0.1, -0.05) is 23.7 Å². The van der Waals surface area contributed by atoms with E-state index in [1.165, 1.54) is 11.5 Å². The maximum Gasteiger partial charge on any atom is 0.298 e. The van der Waals surface area contributed by atoms with Crippen molar-refractivity contribution >= 4 is 34.7 Å². The van der Waals surface area contributed by atoms with Gasteiger partial charge in [-0.25, -0.2) is 0 Å². The van der Waals surface area contributed by atoms with Gasteiger partial charge >= 0.3 is 0 Å². The van der Waals surface area contributed by atoms with E-state index in [0.717, 1.165) is 34.0 Å². The average Bonchev–Trinajstić information content (AvgIpc) is 3.06. The Morgan fingerprint density at radius 2 is 1.89 bits per heavy atom. The number of nitrogens with one attached hydrogen (secondary N) is 1. The third-order valence-corrected chi connectivity index (χ3v) is 5.17. The molecule has 0 aliphatic carbocycles. The number of hydrogen-bond donors (Lipinski definition) is 1. The van der Waals surface area contributed by atoms with Crippen molar-refractivity contribution in [2.75, 3.05) is 11.9 Å². The van der Waals surface area contributed by atoms with Gasteiger partial charge in [0, 0.05) is 35.7 Å². The Morgan fingerprint density at radius 3 is 2.56 bits per heavy atom. The molecule has 0 saturated carbocycles. The smallest absolute Gasteiger partial charge is 0.298 e. The van der Waals surface area contributed by atoms with Crippen LogP contribution in [-0.4, -0.2) is 22.2 Å². The van der Waals surface area contributed by atoms with E-state index in [4.69, 9.17) is 21.7 Å². The van der Waals surface area contributed by atoms with Crippen LogP contribution in [0.4, 0.5) is 5.69 Å². The Kier molecular flexibility index (Phi) is 5.77. The van der Waals surface area contributed by atoms with Crippen molar-refractivity contribution in [3.8, 4) is 10.9 Å². The zero-order valence-corrected chi connectivity index (χ0v) is 17.3. The number of halogens is 1. The zero-order valence-electron chi connectivity index (χ0n) is 15.7. The van der Waals surface area contributed by atoms with Crippen LogP contribution in [-0.2, 0) is 6.42 Å². The topological polar surface area (TPSA) is 62.1 Å². The van der Waals surface area contributed by atoms with E-state index in [-0.39, 0.29) is 0 Å². The molecule has 1 N–H and O–H groups in total. The molecule has 0 aliphatic heterocycles. The molecule has 3 aromatic rings. The third-order valence-electron chi connectivity index (χ3n) is 4.28. The molecular formula is C20H21ClN4OS. The summed E-state index contributed by atoms with van der Waals surface area (Å²) in [7, 11) is 1.89. The predicted molar refractivity (Wildman–Crippen MR) is 112 cm³/mol. The Labute approximate surface area is 168 Å². The van der Waals surface area contributed by atoms with Gasteiger partial charge in [0.2, 0.25) is 0 Å². The summed E-state index contributed by atoms with van der Waals surface area (Å²) < 4.78 is 10.4. The van der Waals surface area contributed by atoms with E-state index < -0.39 is 0 Å². The molecule has 7 heteroatoms. The molecule has 0 unspecified atom stereocenters. The summed E-state index contributed by atoms with van der Waals surface area (Å²) in [5.41, 5.74) is 4.12. The van der Waals surface area contributed by atoms with Crippen LogP contribution < -0.4 is 9.64 Å². The van der Waals surface area contributed by atoms with E-state index >= 15 is 0 Å². The van der Waals surface area contributed by atoms with Crippen LogP contribution in [0.2, 0.25) is 5.02 Å². The first kappa shape index (κ1) is 19.3. The fourth-order valence-electron chi connectivity index (χ4n) is 2.66. The summed E-state index contributed by atoms with van der Waals surface area (Å²) in [6, 6.07) is 11.7. The van der Waals surface area contributed by atoms with Crippen molar-refractivity contribution in [3.63, 3.8) is 0 Å². The van der Waals surface area contributed by atoms with Gasteiger partial charge in [-0.2, -0.15) is 9.36 Å². The lowest BCUT2D eigenvalue weighted by Gasteiger charge is -2.21. The van der Waals surface area contributed by atoms with Crippen LogP contribution in [0.1, 0.15) is 29.4 Å². The summed E-state index contributed by atoms with van der Waals surface area (Å²) in [5, 5.41) is 9.05. The number of aryl methyl sites for hydroxylation is 2. The van der Waals surface area contributed by atoms with Gasteiger partial charge in [0.25, 0.3) is 5.19 Å². The number of ether oxygens (including phenoxy) is 1. The molecule has 1 aromatic heterocycles. The van der Waals surface area contributed by atoms with Crippen molar-refractivity contribution in [2.24, 2.45) is 0 Å². The molecule has 0 aliphatic rings. The van der Waals surface area contributed by atoms with Crippen molar-refractivity contribution in [3.05, 3.63) is 63.9 Å². The number of anilines is 1. The number of hydrogen-bond acceptors (Lipinski definition) is 5. The van der Waals surface area contributed by atoms with E-state index in [0.29, 0.717) is 22.5 Å². The molecule has 0 amide bonds. The molecule has 3 rings (SSSR count). The number of nitrogens with zero attached hydrogens (tertiary/aromatic N) is 3. The van der Waals surface area contributed by atoms with Gasteiger partial charge in [-0.05, 0) is 61.7 Å². The van der Waals surface area contributed by atoms with Gasteiger partial charge < -0.3 is 9.64 Å². The Hall–Kier alpha value is -2.44. The largest absolute Gasteiger partial charge is 0.430 e. The SMILES string of the molecule is CC(=N)N(C)c1cc(C)c(Oc2nc(Cc3ccc(Cl)cc3)ns2)cc1C. The molecule has 0 saturated heterocycles. The van der Waals surface area contributed by atoms with E-state index in [9.17, 15) is 0 Å². The van der Waals surface area contributed by atoms with Crippen LogP contribution in [0.5, 0.6) is 10.9 Å². The normalized spacial score (nSPS) is 10.7. The van der Waals surface area contributed by atoms with Crippen LogP contribution in [0.3, 0.4) is 0 Å². The predicted octanol–water partition coefficient (Wildman–Crippen LogP) is 5.62. The molecule has 0 fully saturated rings. The van der Waals surface area contributed by atoms with Crippen molar-refractivity contribution in [1.29, 1.82) is 5.41 Å². The maximum atomic E-state index is 7.82. The molecule has 140 valence electrons. The summed E-state index contributed by atoms with van der Waals surface area (Å²) in [4.78, 5) is 6.34. The summed E-state index contributed by atoms with van der Waals surface area (Å²) in [5.74, 6) is 1.96. The second-order valence-electron chi connectivity index (χ2n) is 6.43. The first-order chi connectivity index (χ1) is 12.8. The van der Waals surface area contributed by atoms with E-state index in [1.54, 1.807) is 6.92 Å². The minimum atomic E-state index is 0.488. The number of amidine groups is 1. The molecule has 1 heterocycles. The lowest BCUT2D eigenvalue weighted by molar-refractivity contribution is 0.473. The van der Waals surface area contributed by atoms with E-state index in [2.05, 4.69) is 9.36 Å². The maximum absolute atomic E-state index is 7.82. The fourth-order valence-corrected chi connectivity index (χ4v) is 3.34. The highest BCUT2D eigenvalue weighted by molar-refractivity contribution is 7.07. The van der Waals surface area contributed by atoms with Gasteiger partial charge in [0.05, 0.1) is 5.84 Å². The lowest BCUT2D eigenvalue weighted by Crippen LogP contribution is -2.23. The quantitative estimate of drug-likeness (QED) is 0.445. The van der Waals surface area contributed by atoms with Crippen molar-refractivity contribution in [1.82, 2.24) is 9.36 Å². The monoisotopic (exact) mass is 400 g/mol. The van der Waals surface area contributed by atoms with Crippen LogP contribution in [0.15, 0.2) is 36.4 Å². The Morgan fingerprint density at radius 1 is 1.19 bits per heavy atom. The number of rotatable bonds is 5. The zero-order chi connectivity index (χ0) is 19.6. The van der Waals surface area contributed by atoms with Crippen LogP contribution in [0.25, 0.3) is 0 Å². The highest BCUT2D eigenvalue weighted by Crippen LogP contribution is 2.32. The Bertz CT molecular complexity index is 969. The van der Waals surface area contributed by atoms with Gasteiger partial charge in [0.1, 0.15) is 5.75 Å². The summed E-state index contributed by atoms with van der Waals surface area (Å²) in [6.45, 7) is 5.76. The standard InChI is InChI=1S/C20H21ClN4OS/c1-12-10-18(13(2)9-17(12)25(4)14(3)22)26-20-23-19(24-27-20)11-15-5-7-16(21)8-6-15/h5-10,22H,11H2,1-4H3. The first-order valence-electron chi connectivity index (χ1n) is 8.48. The van der Waals surface area contributed by atoms with E-state index in [1.807, 2.05) is 62.2 Å². The molecule has 27 heavy (non-hydrogen) atoms. The van der Waals surface area contributed by atoms with Crippen LogP contribution in [0, 0.1) is 19.3 Å². The molecule has 5 nitrogen and oxygen atoms in total. The molecule has 0 bridgehead atoms. The Balaban J connectivity index is 1.76. The second kappa shape index (κ2) is 8.06. The molecular weight excluding hydrogens is 380 g/mol. The molecule has 0 radical (unpaired) electrons. The first-order valence-corrected chi connectivity index (χ1v) is 9.63. The fraction of sp³-hybridized carbons (Fsp3) is 0.250. The highest BCUT2D eigenvalue weighted by Gasteiger charge is 2.13. The third kappa shape index (κ3) is 4.64. The summed E-state index contributed by atoms with van der Waals surface area (Å²) in [6.07, 6.45) is 0.636. The van der Waals surface area contributed by atoms with Gasteiger partial charge in [0.15, 0.2) is 5.82 Å². The van der Waals surface area contributed by atoms with Gasteiger partial charge in [-0.3, -0.25) is 5.41 Å². The molecule has 0 atom stereocenters. The van der Waals surface area contributed by atoms with Crippen molar-refractivity contribution in [2.45, 2.75) is 27.2 Å². The second-order valence-corrected chi connectivity index (χ2v) is 7.58. The lowest BCUT2D eigenvalue weighted by atomic mass is 10.1. The van der Waals surface area contributed by atoms with Crippen LogP contribution >= 0.6 is 23.1 Å². The number of aromatic nitrogens is 2. The molecule has 2 aromatic carbocycles. The minimum absolute atomic E-state index is 0.488. The number of benzene rings is 2. The highest BCUT2D eigenvalue weighted by atomic mass is 35.5. The summed E-state index contributed by atoms with van der Waals surface area (Å²) >= 11 is 7.16. The molecule has 0 spiro atoms. The van der Waals surface area contributed by atoms with Crippen molar-refractivity contribution < 1.29 is 4.74 Å². The minimum Gasteiger partial charge on any atom is -0.430 e. The average molecular weight is 401 g/mol. The van der Waals surface area contributed by atoms with Gasteiger partial charge in [-0.15, -0.1) is 0 Å².